The van der Waals surface area contributed by atoms with Crippen LogP contribution in [-0.2, 0) is 9.53 Å². The van der Waals surface area contributed by atoms with Crippen LogP contribution in [0.4, 0.5) is 4.39 Å². The Morgan fingerprint density at radius 2 is 1.78 bits per heavy atom. The first kappa shape index (κ1) is 18.1. The van der Waals surface area contributed by atoms with Crippen LogP contribution in [0.15, 0.2) is 28.7 Å². The number of halogens is 1. The van der Waals surface area contributed by atoms with Crippen molar-refractivity contribution in [2.45, 2.75) is 18.8 Å². The SMILES string of the molecule is O=C(CN1CCC(c2nnc(-c3ccc(F)cc3)o2)CC1)N1CCOCC1. The monoisotopic (exact) mass is 374 g/mol. The molecule has 3 heterocycles. The number of piperidine rings is 1. The summed E-state index contributed by atoms with van der Waals surface area (Å²) in [7, 11) is 0. The van der Waals surface area contributed by atoms with E-state index in [0.717, 1.165) is 25.9 Å². The van der Waals surface area contributed by atoms with E-state index in [9.17, 15) is 9.18 Å². The number of carbonyl (C=O) groups is 1. The molecule has 0 spiro atoms. The molecule has 2 aliphatic rings. The summed E-state index contributed by atoms with van der Waals surface area (Å²) in [6, 6.07) is 6.02. The van der Waals surface area contributed by atoms with Crippen LogP contribution < -0.4 is 0 Å². The molecule has 0 bridgehead atoms. The van der Waals surface area contributed by atoms with Gasteiger partial charge in [-0.15, -0.1) is 10.2 Å². The molecule has 7 nitrogen and oxygen atoms in total. The van der Waals surface area contributed by atoms with Crippen molar-refractivity contribution in [3.8, 4) is 11.5 Å². The zero-order valence-corrected chi connectivity index (χ0v) is 15.1. The van der Waals surface area contributed by atoms with Crippen LogP contribution in [0.1, 0.15) is 24.7 Å². The molecule has 0 aliphatic carbocycles. The third-order valence-corrected chi connectivity index (χ3v) is 5.19. The quantitative estimate of drug-likeness (QED) is 0.814. The first-order valence-corrected chi connectivity index (χ1v) is 9.36. The van der Waals surface area contributed by atoms with Gasteiger partial charge in [0.05, 0.1) is 19.8 Å². The van der Waals surface area contributed by atoms with E-state index < -0.39 is 0 Å². The second-order valence-corrected chi connectivity index (χ2v) is 7.00. The van der Waals surface area contributed by atoms with Crippen molar-refractivity contribution in [2.75, 3.05) is 45.9 Å². The molecule has 0 radical (unpaired) electrons. The van der Waals surface area contributed by atoms with Crippen LogP contribution in [0.5, 0.6) is 0 Å². The number of carbonyl (C=O) groups excluding carboxylic acids is 1. The van der Waals surface area contributed by atoms with Crippen molar-refractivity contribution in [2.24, 2.45) is 0 Å². The molecule has 144 valence electrons. The third kappa shape index (κ3) is 4.33. The van der Waals surface area contributed by atoms with Crippen molar-refractivity contribution in [1.82, 2.24) is 20.0 Å². The van der Waals surface area contributed by atoms with Gasteiger partial charge in [0.1, 0.15) is 5.82 Å². The molecule has 0 unspecified atom stereocenters. The molecule has 0 saturated carbocycles. The van der Waals surface area contributed by atoms with E-state index in [2.05, 4.69) is 15.1 Å². The summed E-state index contributed by atoms with van der Waals surface area (Å²) in [6.45, 7) is 4.73. The average Bonchev–Trinajstić information content (AvgIpc) is 3.20. The zero-order valence-electron chi connectivity index (χ0n) is 15.1. The lowest BCUT2D eigenvalue weighted by atomic mass is 9.97. The van der Waals surface area contributed by atoms with Crippen LogP contribution in [0.2, 0.25) is 0 Å². The third-order valence-electron chi connectivity index (χ3n) is 5.19. The molecule has 1 amide bonds. The highest BCUT2D eigenvalue weighted by Crippen LogP contribution is 2.29. The molecular weight excluding hydrogens is 351 g/mol. The number of hydrogen-bond donors (Lipinski definition) is 0. The molecule has 0 N–H and O–H groups in total. The fraction of sp³-hybridized carbons (Fsp3) is 0.526. The van der Waals surface area contributed by atoms with Gasteiger partial charge in [0.15, 0.2) is 0 Å². The van der Waals surface area contributed by atoms with E-state index in [4.69, 9.17) is 9.15 Å². The Morgan fingerprint density at radius 1 is 1.07 bits per heavy atom. The first-order valence-electron chi connectivity index (χ1n) is 9.36. The maximum atomic E-state index is 13.0. The second-order valence-electron chi connectivity index (χ2n) is 7.00. The number of rotatable bonds is 4. The van der Waals surface area contributed by atoms with Crippen molar-refractivity contribution in [1.29, 1.82) is 0 Å². The highest BCUT2D eigenvalue weighted by Gasteiger charge is 2.27. The summed E-state index contributed by atoms with van der Waals surface area (Å²) in [6.07, 6.45) is 1.75. The summed E-state index contributed by atoms with van der Waals surface area (Å²) in [5, 5.41) is 8.27. The molecule has 0 atom stereocenters. The highest BCUT2D eigenvalue weighted by atomic mass is 19.1. The maximum absolute atomic E-state index is 13.0. The van der Waals surface area contributed by atoms with Gasteiger partial charge < -0.3 is 14.1 Å². The summed E-state index contributed by atoms with van der Waals surface area (Å²) >= 11 is 0. The number of ether oxygens (including phenoxy) is 1. The number of amides is 1. The summed E-state index contributed by atoms with van der Waals surface area (Å²) in [4.78, 5) is 16.4. The van der Waals surface area contributed by atoms with E-state index in [0.29, 0.717) is 50.2 Å². The van der Waals surface area contributed by atoms with E-state index in [-0.39, 0.29) is 17.6 Å². The Kier molecular flexibility index (Phi) is 5.45. The summed E-state index contributed by atoms with van der Waals surface area (Å²) in [5.74, 6) is 1.11. The van der Waals surface area contributed by atoms with Crippen molar-refractivity contribution in [3.05, 3.63) is 36.0 Å². The molecule has 8 heteroatoms. The van der Waals surface area contributed by atoms with Gasteiger partial charge in [-0.2, -0.15) is 0 Å². The van der Waals surface area contributed by atoms with E-state index in [1.54, 1.807) is 12.1 Å². The van der Waals surface area contributed by atoms with Gasteiger partial charge in [0.25, 0.3) is 0 Å². The predicted molar refractivity (Wildman–Crippen MR) is 95.5 cm³/mol. The van der Waals surface area contributed by atoms with Gasteiger partial charge in [-0.1, -0.05) is 0 Å². The average molecular weight is 374 g/mol. The van der Waals surface area contributed by atoms with Crippen LogP contribution >= 0.6 is 0 Å². The number of nitrogens with zero attached hydrogens (tertiary/aromatic N) is 4. The Balaban J connectivity index is 1.30. The molecule has 1 aromatic heterocycles. The number of hydrogen-bond acceptors (Lipinski definition) is 6. The topological polar surface area (TPSA) is 71.7 Å². The van der Waals surface area contributed by atoms with Crippen LogP contribution in [0, 0.1) is 5.82 Å². The Labute approximate surface area is 157 Å². The predicted octanol–water partition coefficient (Wildman–Crippen LogP) is 1.91. The van der Waals surface area contributed by atoms with Gasteiger partial charge in [0, 0.05) is 24.6 Å². The molecule has 27 heavy (non-hydrogen) atoms. The van der Waals surface area contributed by atoms with E-state index in [1.165, 1.54) is 12.1 Å². The minimum Gasteiger partial charge on any atom is -0.420 e. The van der Waals surface area contributed by atoms with Gasteiger partial charge in [0.2, 0.25) is 17.7 Å². The van der Waals surface area contributed by atoms with Crippen molar-refractivity contribution >= 4 is 5.91 Å². The van der Waals surface area contributed by atoms with E-state index >= 15 is 0 Å². The van der Waals surface area contributed by atoms with Gasteiger partial charge in [-0.3, -0.25) is 9.69 Å². The number of likely N-dealkylation sites (tertiary alicyclic amines) is 1. The smallest absolute Gasteiger partial charge is 0.247 e. The second kappa shape index (κ2) is 8.14. The van der Waals surface area contributed by atoms with Gasteiger partial charge in [-0.05, 0) is 50.2 Å². The molecule has 2 aromatic rings. The maximum Gasteiger partial charge on any atom is 0.247 e. The van der Waals surface area contributed by atoms with Crippen molar-refractivity contribution < 1.29 is 18.3 Å². The standard InChI is InChI=1S/C19H23FN4O3/c20-16-3-1-14(2-4-16)18-21-22-19(27-18)15-5-7-23(8-6-15)13-17(25)24-9-11-26-12-10-24/h1-4,15H,5-13H2. The highest BCUT2D eigenvalue weighted by molar-refractivity contribution is 5.78. The number of benzene rings is 1. The van der Waals surface area contributed by atoms with Crippen LogP contribution in [0.25, 0.3) is 11.5 Å². The molecular formula is C19H23FN4O3. The summed E-state index contributed by atoms with van der Waals surface area (Å²) in [5.41, 5.74) is 0.712. The fourth-order valence-corrected chi connectivity index (χ4v) is 3.55. The minimum atomic E-state index is -0.294. The fourth-order valence-electron chi connectivity index (χ4n) is 3.55. The molecule has 2 fully saturated rings. The van der Waals surface area contributed by atoms with Gasteiger partial charge in [-0.25, -0.2) is 4.39 Å². The van der Waals surface area contributed by atoms with Crippen molar-refractivity contribution in [3.63, 3.8) is 0 Å². The van der Waals surface area contributed by atoms with Crippen LogP contribution in [0.3, 0.4) is 0 Å². The lowest BCUT2D eigenvalue weighted by molar-refractivity contribution is -0.136. The number of aromatic nitrogens is 2. The van der Waals surface area contributed by atoms with Crippen LogP contribution in [-0.4, -0.2) is 71.8 Å². The first-order chi connectivity index (χ1) is 13.2. The Hall–Kier alpha value is -2.32. The molecule has 2 aliphatic heterocycles. The molecule has 2 saturated heterocycles. The zero-order chi connectivity index (χ0) is 18.6. The minimum absolute atomic E-state index is 0.174. The Bertz CT molecular complexity index is 766. The Morgan fingerprint density at radius 3 is 2.48 bits per heavy atom. The molecule has 1 aromatic carbocycles. The van der Waals surface area contributed by atoms with E-state index in [1.807, 2.05) is 4.90 Å². The van der Waals surface area contributed by atoms with Gasteiger partial charge >= 0.3 is 0 Å². The summed E-state index contributed by atoms with van der Waals surface area (Å²) < 4.78 is 24.1. The largest absolute Gasteiger partial charge is 0.420 e. The lowest BCUT2D eigenvalue weighted by Crippen LogP contribution is -2.47. The lowest BCUT2D eigenvalue weighted by Gasteiger charge is -2.33. The molecule has 4 rings (SSSR count). The normalized spacial score (nSPS) is 19.4. The number of morpholine rings is 1.